The molecule has 1 rings (SSSR count). The minimum absolute atomic E-state index is 0.0517. The van der Waals surface area contributed by atoms with Crippen LogP contribution < -0.4 is 10.1 Å². The van der Waals surface area contributed by atoms with Crippen LogP contribution in [0.15, 0.2) is 36.9 Å². The monoisotopic (exact) mass is 266 g/mol. The van der Waals surface area contributed by atoms with Crippen LogP contribution in [-0.2, 0) is 4.79 Å². The largest absolute Gasteiger partial charge is 0.492 e. The van der Waals surface area contributed by atoms with Crippen molar-refractivity contribution in [3.8, 4) is 5.75 Å². The third kappa shape index (κ3) is 6.57. The fourth-order valence-corrected chi connectivity index (χ4v) is 1.42. The second-order valence-corrected chi connectivity index (χ2v) is 4.13. The third-order valence-electron chi connectivity index (χ3n) is 2.41. The summed E-state index contributed by atoms with van der Waals surface area (Å²) in [4.78, 5) is 13.2. The molecule has 0 aliphatic heterocycles. The van der Waals surface area contributed by atoms with Crippen molar-refractivity contribution >= 4 is 5.91 Å². The molecule has 0 saturated heterocycles. The molecule has 0 aromatic heterocycles. The Morgan fingerprint density at radius 2 is 2.16 bits per heavy atom. The SMILES string of the molecule is C=CCNC(=O)CN(C)CCOc1ccc(F)cc1. The van der Waals surface area contributed by atoms with Gasteiger partial charge in [-0.25, -0.2) is 4.39 Å². The Balaban J connectivity index is 2.19. The number of nitrogens with one attached hydrogen (secondary N) is 1. The Morgan fingerprint density at radius 1 is 1.47 bits per heavy atom. The molecule has 0 fully saturated rings. The summed E-state index contributed by atoms with van der Waals surface area (Å²) in [5.41, 5.74) is 0. The highest BCUT2D eigenvalue weighted by Crippen LogP contribution is 2.10. The number of rotatable bonds is 8. The minimum atomic E-state index is -0.289. The van der Waals surface area contributed by atoms with Gasteiger partial charge < -0.3 is 10.1 Å². The van der Waals surface area contributed by atoms with Gasteiger partial charge in [-0.3, -0.25) is 9.69 Å². The summed E-state index contributed by atoms with van der Waals surface area (Å²) < 4.78 is 18.1. The van der Waals surface area contributed by atoms with Crippen molar-refractivity contribution in [1.82, 2.24) is 10.2 Å². The highest BCUT2D eigenvalue weighted by Gasteiger charge is 2.05. The van der Waals surface area contributed by atoms with Crippen molar-refractivity contribution < 1.29 is 13.9 Å². The molecule has 0 bridgehead atoms. The van der Waals surface area contributed by atoms with E-state index in [9.17, 15) is 9.18 Å². The van der Waals surface area contributed by atoms with Crippen LogP contribution >= 0.6 is 0 Å². The molecule has 1 aromatic carbocycles. The van der Waals surface area contributed by atoms with E-state index in [-0.39, 0.29) is 11.7 Å². The fraction of sp³-hybridized carbons (Fsp3) is 0.357. The van der Waals surface area contributed by atoms with Crippen LogP contribution in [0.5, 0.6) is 5.75 Å². The molecule has 0 unspecified atom stereocenters. The van der Waals surface area contributed by atoms with Gasteiger partial charge in [-0.2, -0.15) is 0 Å². The molecule has 0 spiro atoms. The van der Waals surface area contributed by atoms with E-state index in [4.69, 9.17) is 4.74 Å². The van der Waals surface area contributed by atoms with E-state index in [2.05, 4.69) is 11.9 Å². The molecule has 1 N–H and O–H groups in total. The first-order valence-electron chi connectivity index (χ1n) is 6.06. The van der Waals surface area contributed by atoms with Crippen molar-refractivity contribution in [2.24, 2.45) is 0 Å². The van der Waals surface area contributed by atoms with Gasteiger partial charge in [0.05, 0.1) is 6.54 Å². The summed E-state index contributed by atoms with van der Waals surface area (Å²) in [6.45, 7) is 5.35. The average molecular weight is 266 g/mol. The van der Waals surface area contributed by atoms with E-state index in [1.54, 1.807) is 18.2 Å². The predicted octanol–water partition coefficient (Wildman–Crippen LogP) is 1.44. The zero-order valence-corrected chi connectivity index (χ0v) is 11.1. The maximum atomic E-state index is 12.7. The van der Waals surface area contributed by atoms with Gasteiger partial charge >= 0.3 is 0 Å². The molecule has 0 aliphatic carbocycles. The Morgan fingerprint density at radius 3 is 2.79 bits per heavy atom. The Kier molecular flexibility index (Phi) is 6.60. The summed E-state index contributed by atoms with van der Waals surface area (Å²) in [6, 6.07) is 5.85. The highest BCUT2D eigenvalue weighted by atomic mass is 19.1. The molecule has 0 atom stereocenters. The van der Waals surface area contributed by atoms with E-state index in [1.165, 1.54) is 12.1 Å². The summed E-state index contributed by atoms with van der Waals surface area (Å²) in [5, 5.41) is 2.70. The number of carbonyl (C=O) groups excluding carboxylic acids is 1. The van der Waals surface area contributed by atoms with Crippen LogP contribution in [0.2, 0.25) is 0 Å². The molecule has 19 heavy (non-hydrogen) atoms. The third-order valence-corrected chi connectivity index (χ3v) is 2.41. The first-order valence-corrected chi connectivity index (χ1v) is 6.06. The van der Waals surface area contributed by atoms with Crippen LogP contribution in [0.1, 0.15) is 0 Å². The second-order valence-electron chi connectivity index (χ2n) is 4.13. The Hall–Kier alpha value is -1.88. The van der Waals surface area contributed by atoms with Crippen molar-refractivity contribution in [2.75, 3.05) is 33.3 Å². The maximum Gasteiger partial charge on any atom is 0.234 e. The molecule has 1 amide bonds. The predicted molar refractivity (Wildman–Crippen MR) is 72.6 cm³/mol. The number of hydrogen-bond donors (Lipinski definition) is 1. The van der Waals surface area contributed by atoms with Gasteiger partial charge in [0.2, 0.25) is 5.91 Å². The number of amides is 1. The lowest BCUT2D eigenvalue weighted by molar-refractivity contribution is -0.121. The molecule has 0 aliphatic rings. The van der Waals surface area contributed by atoms with E-state index in [0.717, 1.165) is 0 Å². The van der Waals surface area contributed by atoms with Crippen molar-refractivity contribution in [3.63, 3.8) is 0 Å². The molecule has 104 valence electrons. The second kappa shape index (κ2) is 8.26. The van der Waals surface area contributed by atoms with Crippen molar-refractivity contribution in [1.29, 1.82) is 0 Å². The lowest BCUT2D eigenvalue weighted by atomic mass is 10.3. The smallest absolute Gasteiger partial charge is 0.234 e. The average Bonchev–Trinajstić information content (AvgIpc) is 2.38. The number of halogens is 1. The van der Waals surface area contributed by atoms with Gasteiger partial charge in [0.15, 0.2) is 0 Å². The lowest BCUT2D eigenvalue weighted by Crippen LogP contribution is -2.36. The van der Waals surface area contributed by atoms with Crippen LogP contribution in [0.4, 0.5) is 4.39 Å². The van der Waals surface area contributed by atoms with Crippen molar-refractivity contribution in [3.05, 3.63) is 42.7 Å². The number of ether oxygens (including phenoxy) is 1. The molecule has 4 nitrogen and oxygen atoms in total. The lowest BCUT2D eigenvalue weighted by Gasteiger charge is -2.16. The van der Waals surface area contributed by atoms with E-state index in [1.807, 2.05) is 11.9 Å². The summed E-state index contributed by atoms with van der Waals surface area (Å²) in [5.74, 6) is 0.276. The quantitative estimate of drug-likeness (QED) is 0.724. The van der Waals surface area contributed by atoms with E-state index >= 15 is 0 Å². The zero-order valence-electron chi connectivity index (χ0n) is 11.1. The first kappa shape index (κ1) is 15.2. The molecule has 0 radical (unpaired) electrons. The van der Waals surface area contributed by atoms with Crippen LogP contribution in [-0.4, -0.2) is 44.1 Å². The molecule has 5 heteroatoms. The normalized spacial score (nSPS) is 10.3. The minimum Gasteiger partial charge on any atom is -0.492 e. The number of hydrogen-bond acceptors (Lipinski definition) is 3. The molecule has 0 saturated carbocycles. The molecule has 0 heterocycles. The van der Waals surface area contributed by atoms with E-state index < -0.39 is 0 Å². The van der Waals surface area contributed by atoms with Crippen molar-refractivity contribution in [2.45, 2.75) is 0 Å². The topological polar surface area (TPSA) is 41.6 Å². The van der Waals surface area contributed by atoms with Gasteiger partial charge in [-0.15, -0.1) is 6.58 Å². The zero-order chi connectivity index (χ0) is 14.1. The van der Waals surface area contributed by atoms with Gasteiger partial charge in [0.25, 0.3) is 0 Å². The summed E-state index contributed by atoms with van der Waals surface area (Å²) >= 11 is 0. The van der Waals surface area contributed by atoms with Crippen LogP contribution in [0.25, 0.3) is 0 Å². The number of likely N-dealkylation sites (N-methyl/N-ethyl adjacent to an activating group) is 1. The molecular weight excluding hydrogens is 247 g/mol. The van der Waals surface area contributed by atoms with Gasteiger partial charge in [0.1, 0.15) is 18.2 Å². The highest BCUT2D eigenvalue weighted by molar-refractivity contribution is 5.78. The van der Waals surface area contributed by atoms with Gasteiger partial charge in [-0.05, 0) is 31.3 Å². The van der Waals surface area contributed by atoms with Crippen LogP contribution in [0.3, 0.4) is 0 Å². The van der Waals surface area contributed by atoms with Gasteiger partial charge in [0, 0.05) is 13.1 Å². The number of carbonyl (C=O) groups is 1. The molecule has 1 aromatic rings. The number of nitrogens with zero attached hydrogens (tertiary/aromatic N) is 1. The molecular formula is C14H19FN2O2. The fourth-order valence-electron chi connectivity index (χ4n) is 1.42. The number of benzene rings is 1. The standard InChI is InChI=1S/C14H19FN2O2/c1-3-8-16-14(18)11-17(2)9-10-19-13-6-4-12(15)5-7-13/h3-7H,1,8-11H2,2H3,(H,16,18). The summed E-state index contributed by atoms with van der Waals surface area (Å²) in [6.07, 6.45) is 1.63. The Labute approximate surface area is 112 Å². The maximum absolute atomic E-state index is 12.7. The first-order chi connectivity index (χ1) is 9.11. The van der Waals surface area contributed by atoms with Gasteiger partial charge in [-0.1, -0.05) is 6.08 Å². The van der Waals surface area contributed by atoms with Crippen LogP contribution in [0, 0.1) is 5.82 Å². The Bertz CT molecular complexity index is 406. The summed E-state index contributed by atoms with van der Waals surface area (Å²) in [7, 11) is 1.83. The van der Waals surface area contributed by atoms with E-state index in [0.29, 0.717) is 32.0 Å².